The van der Waals surface area contributed by atoms with Crippen molar-refractivity contribution in [2.75, 3.05) is 14.1 Å². The molecule has 1 atom stereocenters. The van der Waals surface area contributed by atoms with Gasteiger partial charge in [-0.3, -0.25) is 9.36 Å². The Kier molecular flexibility index (Phi) is 2.81. The summed E-state index contributed by atoms with van der Waals surface area (Å²) < 4.78 is 1.79. The van der Waals surface area contributed by atoms with Crippen LogP contribution in [0.15, 0.2) is 23.3 Å². The van der Waals surface area contributed by atoms with E-state index in [1.54, 1.807) is 10.8 Å². The first-order chi connectivity index (χ1) is 7.59. The normalized spacial score (nSPS) is 21.9. The molecule has 0 N–H and O–H groups in total. The maximum atomic E-state index is 11.8. The topological polar surface area (TPSA) is 38.1 Å². The molecule has 4 heteroatoms. The van der Waals surface area contributed by atoms with Crippen LogP contribution in [0.5, 0.6) is 0 Å². The third-order valence-corrected chi connectivity index (χ3v) is 2.85. The SMILES string of the molecule is CC1CCC(=CN(C)C)c2nccc(=O)n21. The fraction of sp³-hybridized carbons (Fsp3) is 0.500. The molecule has 0 fully saturated rings. The summed E-state index contributed by atoms with van der Waals surface area (Å²) in [5.41, 5.74) is 1.18. The largest absolute Gasteiger partial charge is 0.383 e. The van der Waals surface area contributed by atoms with Crippen molar-refractivity contribution >= 4 is 5.57 Å². The predicted octanol–water partition coefficient (Wildman–Crippen LogP) is 1.50. The molecule has 86 valence electrons. The molecule has 1 unspecified atom stereocenters. The van der Waals surface area contributed by atoms with Crippen LogP contribution < -0.4 is 5.56 Å². The van der Waals surface area contributed by atoms with Crippen molar-refractivity contribution in [3.05, 3.63) is 34.6 Å². The fourth-order valence-corrected chi connectivity index (χ4v) is 2.12. The Morgan fingerprint density at radius 3 is 3.00 bits per heavy atom. The molecule has 0 saturated carbocycles. The first-order valence-corrected chi connectivity index (χ1v) is 5.54. The van der Waals surface area contributed by atoms with Crippen LogP contribution in [-0.4, -0.2) is 28.5 Å². The Bertz CT molecular complexity index is 473. The summed E-state index contributed by atoms with van der Waals surface area (Å²) >= 11 is 0. The standard InChI is InChI=1S/C12H17N3O/c1-9-4-5-10(8-14(2)3)12-13-7-6-11(16)15(9)12/h6-9H,4-5H2,1-3H3. The van der Waals surface area contributed by atoms with Gasteiger partial charge in [-0.1, -0.05) is 0 Å². The van der Waals surface area contributed by atoms with E-state index < -0.39 is 0 Å². The van der Waals surface area contributed by atoms with Gasteiger partial charge in [0.15, 0.2) is 0 Å². The lowest BCUT2D eigenvalue weighted by Crippen LogP contribution is -2.29. The number of allylic oxidation sites excluding steroid dienone is 1. The van der Waals surface area contributed by atoms with Crippen molar-refractivity contribution in [1.29, 1.82) is 0 Å². The molecule has 1 aliphatic rings. The minimum Gasteiger partial charge on any atom is -0.383 e. The molecule has 0 amide bonds. The van der Waals surface area contributed by atoms with Gasteiger partial charge >= 0.3 is 0 Å². The lowest BCUT2D eigenvalue weighted by molar-refractivity contribution is 0.458. The van der Waals surface area contributed by atoms with Gasteiger partial charge < -0.3 is 4.90 Å². The number of fused-ring (bicyclic) bond motifs is 1. The van der Waals surface area contributed by atoms with Gasteiger partial charge in [0.1, 0.15) is 5.82 Å². The van der Waals surface area contributed by atoms with E-state index in [1.165, 1.54) is 6.07 Å². The highest BCUT2D eigenvalue weighted by atomic mass is 16.1. The second kappa shape index (κ2) is 4.12. The second-order valence-corrected chi connectivity index (χ2v) is 4.48. The van der Waals surface area contributed by atoms with Crippen molar-refractivity contribution in [3.8, 4) is 0 Å². The van der Waals surface area contributed by atoms with Crippen molar-refractivity contribution in [2.45, 2.75) is 25.8 Å². The van der Waals surface area contributed by atoms with Gasteiger partial charge in [-0.05, 0) is 19.8 Å². The lowest BCUT2D eigenvalue weighted by Gasteiger charge is -2.26. The molecule has 0 aliphatic carbocycles. The van der Waals surface area contributed by atoms with Crippen LogP contribution in [0, 0.1) is 0 Å². The Morgan fingerprint density at radius 2 is 2.31 bits per heavy atom. The second-order valence-electron chi connectivity index (χ2n) is 4.48. The molecule has 2 rings (SSSR count). The van der Waals surface area contributed by atoms with E-state index >= 15 is 0 Å². The Labute approximate surface area is 95.2 Å². The highest BCUT2D eigenvalue weighted by molar-refractivity contribution is 5.60. The molecule has 16 heavy (non-hydrogen) atoms. The highest BCUT2D eigenvalue weighted by Crippen LogP contribution is 2.29. The zero-order valence-corrected chi connectivity index (χ0v) is 9.97. The van der Waals surface area contributed by atoms with Crippen molar-refractivity contribution in [2.24, 2.45) is 0 Å². The highest BCUT2D eigenvalue weighted by Gasteiger charge is 2.21. The molecule has 1 aromatic heterocycles. The molecule has 0 bridgehead atoms. The molecule has 2 heterocycles. The molecular formula is C12H17N3O. The molecule has 0 radical (unpaired) electrons. The average molecular weight is 219 g/mol. The Hall–Kier alpha value is -1.58. The first kappa shape index (κ1) is 10.9. The smallest absolute Gasteiger partial charge is 0.253 e. The monoisotopic (exact) mass is 219 g/mol. The van der Waals surface area contributed by atoms with E-state index in [-0.39, 0.29) is 11.6 Å². The summed E-state index contributed by atoms with van der Waals surface area (Å²) in [6, 6.07) is 1.77. The van der Waals surface area contributed by atoms with Gasteiger partial charge in [0.05, 0.1) is 0 Å². The van der Waals surface area contributed by atoms with E-state index in [0.717, 1.165) is 24.2 Å². The van der Waals surface area contributed by atoms with Crippen molar-refractivity contribution in [3.63, 3.8) is 0 Å². The lowest BCUT2D eigenvalue weighted by atomic mass is 10.0. The summed E-state index contributed by atoms with van der Waals surface area (Å²) in [6.07, 6.45) is 5.62. The molecule has 1 aliphatic heterocycles. The van der Waals surface area contributed by atoms with Gasteiger partial charge in [0, 0.05) is 44.2 Å². The fourth-order valence-electron chi connectivity index (χ4n) is 2.12. The summed E-state index contributed by atoms with van der Waals surface area (Å²) in [7, 11) is 3.97. The summed E-state index contributed by atoms with van der Waals surface area (Å²) in [5, 5.41) is 0. The van der Waals surface area contributed by atoms with E-state index in [4.69, 9.17) is 0 Å². The third-order valence-electron chi connectivity index (χ3n) is 2.85. The van der Waals surface area contributed by atoms with Gasteiger partial charge in [0.25, 0.3) is 5.56 Å². The third kappa shape index (κ3) is 1.87. The van der Waals surface area contributed by atoms with Crippen LogP contribution in [0.3, 0.4) is 0 Å². The number of nitrogens with zero attached hydrogens (tertiary/aromatic N) is 3. The van der Waals surface area contributed by atoms with Crippen LogP contribution in [0.1, 0.15) is 31.6 Å². The number of hydrogen-bond acceptors (Lipinski definition) is 3. The molecular weight excluding hydrogens is 202 g/mol. The quantitative estimate of drug-likeness (QED) is 0.718. The van der Waals surface area contributed by atoms with Crippen LogP contribution >= 0.6 is 0 Å². The predicted molar refractivity (Wildman–Crippen MR) is 64.1 cm³/mol. The molecule has 0 spiro atoms. The van der Waals surface area contributed by atoms with Crippen LogP contribution in [0.2, 0.25) is 0 Å². The van der Waals surface area contributed by atoms with Gasteiger partial charge in [0.2, 0.25) is 0 Å². The Morgan fingerprint density at radius 1 is 1.56 bits per heavy atom. The van der Waals surface area contributed by atoms with Crippen LogP contribution in [-0.2, 0) is 0 Å². The summed E-state index contributed by atoms with van der Waals surface area (Å²) in [5.74, 6) is 0.819. The zero-order chi connectivity index (χ0) is 11.7. The summed E-state index contributed by atoms with van der Waals surface area (Å²) in [6.45, 7) is 2.07. The maximum Gasteiger partial charge on any atom is 0.253 e. The van der Waals surface area contributed by atoms with Gasteiger partial charge in [-0.15, -0.1) is 0 Å². The maximum absolute atomic E-state index is 11.8. The van der Waals surface area contributed by atoms with Gasteiger partial charge in [-0.25, -0.2) is 4.98 Å². The van der Waals surface area contributed by atoms with Gasteiger partial charge in [-0.2, -0.15) is 0 Å². The van der Waals surface area contributed by atoms with E-state index in [0.29, 0.717) is 0 Å². The first-order valence-electron chi connectivity index (χ1n) is 5.54. The molecule has 0 saturated heterocycles. The molecule has 4 nitrogen and oxygen atoms in total. The van der Waals surface area contributed by atoms with Crippen molar-refractivity contribution in [1.82, 2.24) is 14.5 Å². The number of aromatic nitrogens is 2. The van der Waals surface area contributed by atoms with Crippen molar-refractivity contribution < 1.29 is 0 Å². The molecule has 1 aromatic rings. The number of rotatable bonds is 1. The Balaban J connectivity index is 2.57. The van der Waals surface area contributed by atoms with Crippen LogP contribution in [0.25, 0.3) is 5.57 Å². The average Bonchev–Trinajstić information content (AvgIpc) is 2.22. The minimum absolute atomic E-state index is 0.0434. The van der Waals surface area contributed by atoms with E-state index in [1.807, 2.05) is 25.2 Å². The number of hydrogen-bond donors (Lipinski definition) is 0. The van der Waals surface area contributed by atoms with E-state index in [2.05, 4.69) is 11.9 Å². The van der Waals surface area contributed by atoms with E-state index in [9.17, 15) is 4.79 Å². The molecule has 0 aromatic carbocycles. The summed E-state index contributed by atoms with van der Waals surface area (Å²) in [4.78, 5) is 18.1. The minimum atomic E-state index is 0.0434. The zero-order valence-electron chi connectivity index (χ0n) is 9.97. The van der Waals surface area contributed by atoms with Crippen LogP contribution in [0.4, 0.5) is 0 Å².